The number of allylic oxidation sites excluding steroid dienone is 2. The predicted molar refractivity (Wildman–Crippen MR) is 104 cm³/mol. The molecule has 1 aromatic carbocycles. The smallest absolute Gasteiger partial charge is 0.241 e. The molecule has 26 heavy (non-hydrogen) atoms. The molecule has 6 heteroatoms. The number of benzene rings is 1. The van der Waals surface area contributed by atoms with Crippen LogP contribution in [0.15, 0.2) is 41.1 Å². The molecule has 0 aliphatic carbocycles. The van der Waals surface area contributed by atoms with Gasteiger partial charge in [-0.15, -0.1) is 0 Å². The molecule has 0 radical (unpaired) electrons. The van der Waals surface area contributed by atoms with Gasteiger partial charge in [0.1, 0.15) is 0 Å². The van der Waals surface area contributed by atoms with Crippen LogP contribution in [0.5, 0.6) is 0 Å². The maximum atomic E-state index is 11.9. The van der Waals surface area contributed by atoms with Gasteiger partial charge in [-0.1, -0.05) is 32.0 Å². The Hall–Kier alpha value is -2.18. The minimum atomic E-state index is -0.0856. The normalized spacial score (nSPS) is 21.3. The van der Waals surface area contributed by atoms with Crippen LogP contribution in [0.4, 0.5) is 5.69 Å². The summed E-state index contributed by atoms with van der Waals surface area (Å²) in [6, 6.07) is 8.41. The lowest BCUT2D eigenvalue weighted by atomic mass is 9.84. The fourth-order valence-electron chi connectivity index (χ4n) is 3.66. The van der Waals surface area contributed by atoms with Crippen molar-refractivity contribution in [2.24, 2.45) is 5.10 Å². The van der Waals surface area contributed by atoms with E-state index in [4.69, 9.17) is 4.74 Å². The number of carbonyl (C=O) groups excluding carboxylic acids is 1. The van der Waals surface area contributed by atoms with E-state index in [0.29, 0.717) is 6.42 Å². The van der Waals surface area contributed by atoms with Gasteiger partial charge in [-0.3, -0.25) is 9.69 Å². The standard InChI is InChI=1S/C20H28N4O2/c1-20(2)16-6-4-5-7-17(16)23(3)18(20)8-10-21-22-19(25)9-11-24-12-14-26-15-13-24/h4-8,10H,9,11-15H2,1-3H3,(H,22,25). The molecule has 3 rings (SSSR count). The van der Waals surface area contributed by atoms with Gasteiger partial charge in [0.15, 0.2) is 0 Å². The summed E-state index contributed by atoms with van der Waals surface area (Å²) in [5.41, 5.74) is 6.21. The molecule has 1 N–H and O–H groups in total. The summed E-state index contributed by atoms with van der Waals surface area (Å²) in [7, 11) is 2.06. The van der Waals surface area contributed by atoms with Crippen LogP contribution < -0.4 is 10.3 Å². The number of morpholine rings is 1. The van der Waals surface area contributed by atoms with E-state index >= 15 is 0 Å². The highest BCUT2D eigenvalue weighted by molar-refractivity contribution is 5.81. The third-order valence-electron chi connectivity index (χ3n) is 5.20. The molecular formula is C20H28N4O2. The van der Waals surface area contributed by atoms with Crippen molar-refractivity contribution in [1.82, 2.24) is 10.3 Å². The number of nitrogens with zero attached hydrogens (tertiary/aromatic N) is 3. The number of fused-ring (bicyclic) bond motifs is 1. The molecule has 1 aromatic rings. The van der Waals surface area contributed by atoms with Gasteiger partial charge in [0, 0.05) is 56.1 Å². The molecule has 0 atom stereocenters. The van der Waals surface area contributed by atoms with E-state index in [1.807, 2.05) is 6.08 Å². The van der Waals surface area contributed by atoms with Crippen molar-refractivity contribution in [3.63, 3.8) is 0 Å². The number of carbonyl (C=O) groups is 1. The highest BCUT2D eigenvalue weighted by atomic mass is 16.5. The largest absolute Gasteiger partial charge is 0.379 e. The van der Waals surface area contributed by atoms with E-state index in [-0.39, 0.29) is 11.3 Å². The molecule has 1 saturated heterocycles. The summed E-state index contributed by atoms with van der Waals surface area (Å²) >= 11 is 0. The Morgan fingerprint density at radius 3 is 2.77 bits per heavy atom. The first-order chi connectivity index (χ1) is 12.5. The molecule has 2 aliphatic rings. The number of rotatable bonds is 5. The maximum absolute atomic E-state index is 11.9. The number of hydrazone groups is 1. The molecule has 0 spiro atoms. The lowest BCUT2D eigenvalue weighted by Gasteiger charge is -2.25. The van der Waals surface area contributed by atoms with Gasteiger partial charge >= 0.3 is 0 Å². The number of likely N-dealkylation sites (N-methyl/N-ethyl adjacent to an activating group) is 1. The molecule has 1 amide bonds. The van der Waals surface area contributed by atoms with Crippen molar-refractivity contribution in [3.05, 3.63) is 41.6 Å². The summed E-state index contributed by atoms with van der Waals surface area (Å²) in [6.45, 7) is 8.44. The monoisotopic (exact) mass is 356 g/mol. The number of anilines is 1. The zero-order chi connectivity index (χ0) is 18.6. The van der Waals surface area contributed by atoms with Gasteiger partial charge in [0.25, 0.3) is 0 Å². The number of hydrogen-bond donors (Lipinski definition) is 1. The molecule has 2 heterocycles. The van der Waals surface area contributed by atoms with Gasteiger partial charge in [-0.25, -0.2) is 5.43 Å². The minimum absolute atomic E-state index is 0.0616. The van der Waals surface area contributed by atoms with Crippen LogP contribution in [0.25, 0.3) is 0 Å². The first-order valence-electron chi connectivity index (χ1n) is 9.16. The van der Waals surface area contributed by atoms with E-state index in [1.165, 1.54) is 11.3 Å². The van der Waals surface area contributed by atoms with Gasteiger partial charge in [-0.2, -0.15) is 5.10 Å². The first kappa shape index (κ1) is 18.6. The van der Waals surface area contributed by atoms with Crippen molar-refractivity contribution in [3.8, 4) is 0 Å². The number of amides is 1. The minimum Gasteiger partial charge on any atom is -0.379 e. The van der Waals surface area contributed by atoms with Crippen LogP contribution in [0.1, 0.15) is 25.8 Å². The van der Waals surface area contributed by atoms with E-state index < -0.39 is 0 Å². The van der Waals surface area contributed by atoms with Crippen LogP contribution in [0.2, 0.25) is 0 Å². The van der Waals surface area contributed by atoms with E-state index in [2.05, 4.69) is 65.5 Å². The topological polar surface area (TPSA) is 57.2 Å². The number of ether oxygens (including phenoxy) is 1. The Balaban J connectivity index is 1.53. The fourth-order valence-corrected chi connectivity index (χ4v) is 3.66. The predicted octanol–water partition coefficient (Wildman–Crippen LogP) is 2.12. The summed E-state index contributed by atoms with van der Waals surface area (Å²) in [5, 5.41) is 4.09. The molecule has 0 unspecified atom stereocenters. The fraction of sp³-hybridized carbons (Fsp3) is 0.500. The maximum Gasteiger partial charge on any atom is 0.241 e. The Morgan fingerprint density at radius 1 is 1.31 bits per heavy atom. The van der Waals surface area contributed by atoms with Crippen LogP contribution in [-0.4, -0.2) is 56.9 Å². The molecule has 0 aromatic heterocycles. The van der Waals surface area contributed by atoms with Crippen LogP contribution in [0, 0.1) is 0 Å². The van der Waals surface area contributed by atoms with Crippen molar-refractivity contribution >= 4 is 17.8 Å². The quantitative estimate of drug-likeness (QED) is 0.649. The van der Waals surface area contributed by atoms with Crippen molar-refractivity contribution < 1.29 is 9.53 Å². The molecule has 6 nitrogen and oxygen atoms in total. The lowest BCUT2D eigenvalue weighted by Crippen LogP contribution is -2.38. The Labute approximate surface area is 155 Å². The van der Waals surface area contributed by atoms with Crippen molar-refractivity contribution in [2.45, 2.75) is 25.7 Å². The Bertz CT molecular complexity index is 706. The van der Waals surface area contributed by atoms with Crippen LogP contribution >= 0.6 is 0 Å². The van der Waals surface area contributed by atoms with E-state index in [9.17, 15) is 4.79 Å². The van der Waals surface area contributed by atoms with Crippen molar-refractivity contribution in [2.75, 3.05) is 44.8 Å². The average Bonchev–Trinajstić information content (AvgIpc) is 2.85. The zero-order valence-corrected chi connectivity index (χ0v) is 15.9. The Kier molecular flexibility index (Phi) is 5.74. The molecule has 0 saturated carbocycles. The second-order valence-electron chi connectivity index (χ2n) is 7.27. The van der Waals surface area contributed by atoms with Gasteiger partial charge in [0.05, 0.1) is 13.2 Å². The highest BCUT2D eigenvalue weighted by Crippen LogP contribution is 2.46. The second-order valence-corrected chi connectivity index (χ2v) is 7.27. The SMILES string of the molecule is CN1C(=CC=NNC(=O)CCN2CCOCC2)C(C)(C)c2ccccc21. The molecule has 0 bridgehead atoms. The molecule has 1 fully saturated rings. The zero-order valence-electron chi connectivity index (χ0n) is 15.9. The average molecular weight is 356 g/mol. The molecule has 140 valence electrons. The third-order valence-corrected chi connectivity index (χ3v) is 5.20. The first-order valence-corrected chi connectivity index (χ1v) is 9.16. The highest BCUT2D eigenvalue weighted by Gasteiger charge is 2.37. The van der Waals surface area contributed by atoms with Gasteiger partial charge in [-0.05, 0) is 17.7 Å². The lowest BCUT2D eigenvalue weighted by molar-refractivity contribution is -0.121. The molecule has 2 aliphatic heterocycles. The van der Waals surface area contributed by atoms with Crippen molar-refractivity contribution in [1.29, 1.82) is 0 Å². The van der Waals surface area contributed by atoms with Crippen LogP contribution in [-0.2, 0) is 14.9 Å². The van der Waals surface area contributed by atoms with E-state index in [1.54, 1.807) is 6.21 Å². The summed E-state index contributed by atoms with van der Waals surface area (Å²) < 4.78 is 5.31. The second kappa shape index (κ2) is 8.01. The summed E-state index contributed by atoms with van der Waals surface area (Å²) in [5.74, 6) is -0.0616. The number of nitrogens with one attached hydrogen (secondary N) is 1. The van der Waals surface area contributed by atoms with Gasteiger partial charge in [0.2, 0.25) is 5.91 Å². The number of hydrogen-bond acceptors (Lipinski definition) is 5. The van der Waals surface area contributed by atoms with Crippen LogP contribution in [0.3, 0.4) is 0 Å². The summed E-state index contributed by atoms with van der Waals surface area (Å²) in [4.78, 5) is 16.4. The third kappa shape index (κ3) is 3.97. The number of para-hydroxylation sites is 1. The van der Waals surface area contributed by atoms with E-state index in [0.717, 1.165) is 38.5 Å². The summed E-state index contributed by atoms with van der Waals surface area (Å²) in [6.07, 6.45) is 4.10. The Morgan fingerprint density at radius 2 is 2.04 bits per heavy atom. The molecular weight excluding hydrogens is 328 g/mol. The van der Waals surface area contributed by atoms with Gasteiger partial charge < -0.3 is 9.64 Å².